The third-order valence-corrected chi connectivity index (χ3v) is 3.76. The molecule has 3 nitrogen and oxygen atoms in total. The first-order chi connectivity index (χ1) is 13.2. The molecule has 0 radical (unpaired) electrons. The van der Waals surface area contributed by atoms with E-state index in [9.17, 15) is 4.79 Å². The lowest BCUT2D eigenvalue weighted by Gasteiger charge is -2.07. The minimum absolute atomic E-state index is 0.316. The van der Waals surface area contributed by atoms with Crippen LogP contribution in [-0.2, 0) is 11.3 Å². The number of hydrogen-bond donors (Lipinski definition) is 1. The van der Waals surface area contributed by atoms with E-state index in [1.165, 1.54) is 57.8 Å². The van der Waals surface area contributed by atoms with Crippen molar-refractivity contribution in [2.45, 2.75) is 105 Å². The van der Waals surface area contributed by atoms with E-state index in [1.54, 1.807) is 0 Å². The molecule has 1 aromatic rings. The fraction of sp³-hybridized carbons (Fsp3) is 0.708. The van der Waals surface area contributed by atoms with Gasteiger partial charge in [0, 0.05) is 6.54 Å². The number of carbonyl (C=O) groups excluding carboxylic acids is 1. The van der Waals surface area contributed by atoms with Crippen LogP contribution in [0.25, 0.3) is 0 Å². The molecule has 27 heavy (non-hydrogen) atoms. The van der Waals surface area contributed by atoms with Crippen LogP contribution in [0.5, 0.6) is 0 Å². The predicted octanol–water partition coefficient (Wildman–Crippen LogP) is 7.89. The Morgan fingerprint density at radius 2 is 1.30 bits per heavy atom. The molecule has 0 atom stereocenters. The van der Waals surface area contributed by atoms with Gasteiger partial charge in [0.05, 0.1) is 0 Å². The Morgan fingerprint density at radius 3 is 1.81 bits per heavy atom. The highest BCUT2D eigenvalue weighted by Crippen LogP contribution is 2.09. The van der Waals surface area contributed by atoms with Crippen molar-refractivity contribution in [1.82, 2.24) is 5.32 Å². The van der Waals surface area contributed by atoms with Gasteiger partial charge in [-0.2, -0.15) is 0 Å². The number of benzene rings is 1. The second kappa shape index (κ2) is 24.5. The van der Waals surface area contributed by atoms with E-state index in [-0.39, 0.29) is 6.09 Å². The standard InChI is InChI=1S/C19H31NO2.C3H8.C2H6/c1-2-3-4-5-6-7-8-9-13-16-20-19(21)22-17-18-14-11-10-12-15-18;1-3-2;1-2/h10-12,14-15H,2-9,13,16-17H2,1H3,(H,20,21);3H2,1-2H3;1-2H3. The van der Waals surface area contributed by atoms with E-state index in [2.05, 4.69) is 26.1 Å². The van der Waals surface area contributed by atoms with Gasteiger partial charge in [0.1, 0.15) is 6.61 Å². The minimum Gasteiger partial charge on any atom is -0.445 e. The lowest BCUT2D eigenvalue weighted by atomic mass is 10.1. The monoisotopic (exact) mass is 379 g/mol. The van der Waals surface area contributed by atoms with E-state index >= 15 is 0 Å². The van der Waals surface area contributed by atoms with Crippen molar-refractivity contribution in [1.29, 1.82) is 0 Å². The Bertz CT molecular complexity index is 393. The Labute approximate surface area is 169 Å². The summed E-state index contributed by atoms with van der Waals surface area (Å²) in [6.45, 7) is 11.5. The van der Waals surface area contributed by atoms with Crippen LogP contribution in [0.1, 0.15) is 104 Å². The Balaban J connectivity index is 0. The average molecular weight is 380 g/mol. The van der Waals surface area contributed by atoms with Crippen molar-refractivity contribution in [2.75, 3.05) is 6.54 Å². The molecule has 0 spiro atoms. The van der Waals surface area contributed by atoms with Crippen molar-refractivity contribution in [3.63, 3.8) is 0 Å². The smallest absolute Gasteiger partial charge is 0.407 e. The minimum atomic E-state index is -0.316. The van der Waals surface area contributed by atoms with Crippen LogP contribution < -0.4 is 5.32 Å². The zero-order valence-corrected chi connectivity index (χ0v) is 18.7. The number of ether oxygens (including phenoxy) is 1. The van der Waals surface area contributed by atoms with Crippen molar-refractivity contribution < 1.29 is 9.53 Å². The molecule has 0 heterocycles. The number of unbranched alkanes of at least 4 members (excludes halogenated alkanes) is 8. The summed E-state index contributed by atoms with van der Waals surface area (Å²) >= 11 is 0. The van der Waals surface area contributed by atoms with Gasteiger partial charge in [-0.3, -0.25) is 0 Å². The van der Waals surface area contributed by atoms with Crippen LogP contribution in [0.15, 0.2) is 30.3 Å². The van der Waals surface area contributed by atoms with Crippen molar-refractivity contribution >= 4 is 6.09 Å². The molecule has 0 aliphatic heterocycles. The first-order valence-electron chi connectivity index (χ1n) is 11.2. The number of hydrogen-bond acceptors (Lipinski definition) is 2. The Morgan fingerprint density at radius 1 is 0.815 bits per heavy atom. The molecule has 1 aromatic carbocycles. The molecule has 0 bridgehead atoms. The average Bonchev–Trinajstić information content (AvgIpc) is 2.71. The molecule has 0 aliphatic carbocycles. The summed E-state index contributed by atoms with van der Waals surface area (Å²) in [5, 5.41) is 2.81. The van der Waals surface area contributed by atoms with Crippen LogP contribution in [0.3, 0.4) is 0 Å². The second-order valence-corrected chi connectivity index (χ2v) is 6.52. The zero-order valence-electron chi connectivity index (χ0n) is 18.7. The van der Waals surface area contributed by atoms with Crippen LogP contribution in [0, 0.1) is 0 Å². The van der Waals surface area contributed by atoms with Gasteiger partial charge < -0.3 is 10.1 Å². The first-order valence-corrected chi connectivity index (χ1v) is 11.2. The molecule has 0 unspecified atom stereocenters. The summed E-state index contributed by atoms with van der Waals surface area (Å²) in [7, 11) is 0. The molecule has 0 saturated carbocycles. The second-order valence-electron chi connectivity index (χ2n) is 6.52. The molecule has 1 rings (SSSR count). The summed E-state index contributed by atoms with van der Waals surface area (Å²) in [6, 6.07) is 9.74. The van der Waals surface area contributed by atoms with Crippen LogP contribution in [0.4, 0.5) is 4.79 Å². The molecule has 0 fully saturated rings. The third kappa shape index (κ3) is 22.4. The molecular weight excluding hydrogens is 334 g/mol. The van der Waals surface area contributed by atoms with Gasteiger partial charge in [-0.15, -0.1) is 0 Å². The van der Waals surface area contributed by atoms with Gasteiger partial charge in [0.25, 0.3) is 0 Å². The fourth-order valence-electron chi connectivity index (χ4n) is 2.40. The third-order valence-electron chi connectivity index (χ3n) is 3.76. The quantitative estimate of drug-likeness (QED) is 0.375. The molecule has 0 aromatic heterocycles. The van der Waals surface area contributed by atoms with Gasteiger partial charge in [-0.25, -0.2) is 4.79 Å². The van der Waals surface area contributed by atoms with Gasteiger partial charge in [0.2, 0.25) is 0 Å². The zero-order chi connectivity index (χ0) is 20.6. The highest BCUT2D eigenvalue weighted by Gasteiger charge is 2.01. The molecule has 0 aliphatic rings. The normalized spacial score (nSPS) is 9.37. The van der Waals surface area contributed by atoms with Gasteiger partial charge >= 0.3 is 6.09 Å². The van der Waals surface area contributed by atoms with Gasteiger partial charge in [-0.1, -0.05) is 123 Å². The molecular formula is C24H45NO2. The topological polar surface area (TPSA) is 38.3 Å². The van der Waals surface area contributed by atoms with E-state index in [1.807, 2.05) is 44.2 Å². The van der Waals surface area contributed by atoms with E-state index in [0.717, 1.165) is 12.0 Å². The predicted molar refractivity (Wildman–Crippen MR) is 119 cm³/mol. The first kappa shape index (κ1) is 27.7. The summed E-state index contributed by atoms with van der Waals surface area (Å²) in [4.78, 5) is 11.5. The number of carbonyl (C=O) groups is 1. The maximum atomic E-state index is 11.5. The Hall–Kier alpha value is -1.51. The van der Waals surface area contributed by atoms with Gasteiger partial charge in [-0.05, 0) is 12.0 Å². The summed E-state index contributed by atoms with van der Waals surface area (Å²) < 4.78 is 5.16. The van der Waals surface area contributed by atoms with Crippen molar-refractivity contribution in [2.24, 2.45) is 0 Å². The number of amides is 1. The highest BCUT2D eigenvalue weighted by atomic mass is 16.5. The lowest BCUT2D eigenvalue weighted by Crippen LogP contribution is -2.25. The molecule has 1 N–H and O–H groups in total. The van der Waals surface area contributed by atoms with E-state index in [0.29, 0.717) is 13.2 Å². The SMILES string of the molecule is CC.CCC.CCCCCCCCCCCNC(=O)OCc1ccccc1. The lowest BCUT2D eigenvalue weighted by molar-refractivity contribution is 0.139. The molecule has 158 valence electrons. The Kier molecular flexibility index (Phi) is 25.1. The largest absolute Gasteiger partial charge is 0.445 e. The summed E-state index contributed by atoms with van der Waals surface area (Å²) in [6.07, 6.45) is 12.5. The maximum absolute atomic E-state index is 11.5. The van der Waals surface area contributed by atoms with Crippen LogP contribution >= 0.6 is 0 Å². The fourth-order valence-corrected chi connectivity index (χ4v) is 2.40. The maximum Gasteiger partial charge on any atom is 0.407 e. The van der Waals surface area contributed by atoms with Crippen molar-refractivity contribution in [3.05, 3.63) is 35.9 Å². The van der Waals surface area contributed by atoms with E-state index in [4.69, 9.17) is 4.74 Å². The summed E-state index contributed by atoms with van der Waals surface area (Å²) in [5.41, 5.74) is 1.01. The van der Waals surface area contributed by atoms with Crippen LogP contribution in [-0.4, -0.2) is 12.6 Å². The molecule has 1 amide bonds. The van der Waals surface area contributed by atoms with Crippen molar-refractivity contribution in [3.8, 4) is 0 Å². The summed E-state index contributed by atoms with van der Waals surface area (Å²) in [5.74, 6) is 0. The van der Waals surface area contributed by atoms with E-state index < -0.39 is 0 Å². The van der Waals surface area contributed by atoms with Gasteiger partial charge in [0.15, 0.2) is 0 Å². The molecule has 0 saturated heterocycles. The number of rotatable bonds is 12. The molecule has 3 heteroatoms. The number of nitrogens with one attached hydrogen (secondary N) is 1. The number of alkyl carbamates (subject to hydrolysis) is 1. The highest BCUT2D eigenvalue weighted by molar-refractivity contribution is 5.67. The van der Waals surface area contributed by atoms with Crippen LogP contribution in [0.2, 0.25) is 0 Å².